The molecule has 0 aromatic rings. The molecule has 0 aromatic carbocycles. The lowest BCUT2D eigenvalue weighted by molar-refractivity contribution is 0.197. The average molecular weight is 268 g/mol. The summed E-state index contributed by atoms with van der Waals surface area (Å²) in [5.41, 5.74) is 11.9. The van der Waals surface area contributed by atoms with E-state index in [2.05, 4.69) is 36.4 Å². The molecule has 1 fully saturated rings. The molecule has 0 saturated heterocycles. The molecule has 3 atom stereocenters. The van der Waals surface area contributed by atoms with E-state index >= 15 is 0 Å². The zero-order valence-electron chi connectivity index (χ0n) is 7.23. The molecule has 3 heteroatoms. The molecule has 0 bridgehead atoms. The summed E-state index contributed by atoms with van der Waals surface area (Å²) in [6.07, 6.45) is 3.48. The van der Waals surface area contributed by atoms with Gasteiger partial charge < -0.3 is 11.5 Å². The highest BCUT2D eigenvalue weighted by Gasteiger charge is 2.45. The van der Waals surface area contributed by atoms with Crippen LogP contribution >= 0.6 is 22.6 Å². The van der Waals surface area contributed by atoms with Gasteiger partial charge in [0.2, 0.25) is 0 Å². The van der Waals surface area contributed by atoms with Crippen LogP contribution in [0, 0.1) is 0 Å². The van der Waals surface area contributed by atoms with E-state index < -0.39 is 0 Å². The summed E-state index contributed by atoms with van der Waals surface area (Å²) in [5, 5.41) is 0. The minimum absolute atomic E-state index is 0.183. The van der Waals surface area contributed by atoms with Crippen LogP contribution in [-0.4, -0.2) is 15.0 Å². The Balaban J connectivity index is 2.82. The van der Waals surface area contributed by atoms with E-state index in [0.29, 0.717) is 3.92 Å². The van der Waals surface area contributed by atoms with Crippen molar-refractivity contribution in [3.63, 3.8) is 0 Å². The maximum atomic E-state index is 6.17. The largest absolute Gasteiger partial charge is 0.324 e. The molecule has 0 aliphatic heterocycles. The molecule has 1 rings (SSSR count). The monoisotopic (exact) mass is 268 g/mol. The van der Waals surface area contributed by atoms with Crippen LogP contribution in [0.1, 0.15) is 33.1 Å². The third-order valence-corrected chi connectivity index (χ3v) is 4.95. The molecule has 0 aromatic heterocycles. The van der Waals surface area contributed by atoms with Crippen LogP contribution in [-0.2, 0) is 0 Å². The fraction of sp³-hybridized carbons (Fsp3) is 1.00. The van der Waals surface area contributed by atoms with Crippen LogP contribution < -0.4 is 11.5 Å². The van der Waals surface area contributed by atoms with Crippen molar-refractivity contribution < 1.29 is 0 Å². The molecule has 3 unspecified atom stereocenters. The van der Waals surface area contributed by atoms with Gasteiger partial charge in [-0.1, -0.05) is 29.0 Å². The highest BCUT2D eigenvalue weighted by molar-refractivity contribution is 14.1. The maximum Gasteiger partial charge on any atom is 0.0424 e. The molecule has 11 heavy (non-hydrogen) atoms. The molecule has 2 nitrogen and oxygen atoms in total. The Labute approximate surface area is 82.2 Å². The van der Waals surface area contributed by atoms with Crippen molar-refractivity contribution in [1.82, 2.24) is 0 Å². The van der Waals surface area contributed by atoms with Gasteiger partial charge in [0.05, 0.1) is 0 Å². The highest BCUT2D eigenvalue weighted by atomic mass is 127. The zero-order chi connectivity index (χ0) is 8.70. The molecule has 0 heterocycles. The van der Waals surface area contributed by atoms with Crippen molar-refractivity contribution in [3.05, 3.63) is 0 Å². The third-order valence-electron chi connectivity index (χ3n) is 3.03. The van der Waals surface area contributed by atoms with Gasteiger partial charge in [0, 0.05) is 15.0 Å². The van der Waals surface area contributed by atoms with E-state index in [9.17, 15) is 0 Å². The van der Waals surface area contributed by atoms with Gasteiger partial charge in [0.25, 0.3) is 0 Å². The number of halogens is 1. The van der Waals surface area contributed by atoms with Gasteiger partial charge in [-0.15, -0.1) is 0 Å². The number of nitrogens with two attached hydrogens (primary N) is 2. The Bertz CT molecular complexity index is 154. The Morgan fingerprint density at radius 2 is 1.91 bits per heavy atom. The summed E-state index contributed by atoms with van der Waals surface area (Å²) >= 11 is 2.42. The summed E-state index contributed by atoms with van der Waals surface area (Å²) in [4.78, 5) is 0. The molecule has 1 aliphatic rings. The Kier molecular flexibility index (Phi) is 2.52. The lowest BCUT2D eigenvalue weighted by Gasteiger charge is -2.48. The summed E-state index contributed by atoms with van der Waals surface area (Å²) in [6, 6.07) is 0. The van der Waals surface area contributed by atoms with Crippen LogP contribution in [0.5, 0.6) is 0 Å². The normalized spacial score (nSPS) is 52.6. The van der Waals surface area contributed by atoms with Gasteiger partial charge >= 0.3 is 0 Å². The van der Waals surface area contributed by atoms with Gasteiger partial charge in [0.15, 0.2) is 0 Å². The lowest BCUT2D eigenvalue weighted by atomic mass is 9.70. The maximum absolute atomic E-state index is 6.17. The van der Waals surface area contributed by atoms with Crippen LogP contribution in [0.25, 0.3) is 0 Å². The van der Waals surface area contributed by atoms with Gasteiger partial charge in [-0.3, -0.25) is 0 Å². The number of rotatable bonds is 0. The fourth-order valence-corrected chi connectivity index (χ4v) is 2.73. The van der Waals surface area contributed by atoms with Crippen molar-refractivity contribution >= 4 is 22.6 Å². The first-order chi connectivity index (χ1) is 4.88. The smallest absolute Gasteiger partial charge is 0.0424 e. The quantitative estimate of drug-likeness (QED) is 0.515. The molecule has 0 radical (unpaired) electrons. The van der Waals surface area contributed by atoms with Crippen molar-refractivity contribution in [3.8, 4) is 0 Å². The Morgan fingerprint density at radius 1 is 1.36 bits per heavy atom. The van der Waals surface area contributed by atoms with Crippen molar-refractivity contribution in [2.24, 2.45) is 11.5 Å². The van der Waals surface area contributed by atoms with Gasteiger partial charge in [0.1, 0.15) is 0 Å². The highest BCUT2D eigenvalue weighted by Crippen LogP contribution is 2.37. The standard InChI is InChI=1S/C8H17IN2/c1-7(10)5-3-4-6(9)8(7,2)11/h6H,3-5,10-11H2,1-2H3. The first-order valence-electron chi connectivity index (χ1n) is 4.10. The minimum atomic E-state index is -0.203. The van der Waals surface area contributed by atoms with Crippen molar-refractivity contribution in [2.45, 2.75) is 48.1 Å². The fourth-order valence-electron chi connectivity index (χ4n) is 1.58. The van der Waals surface area contributed by atoms with E-state index in [1.54, 1.807) is 0 Å². The SMILES string of the molecule is CC1(N)CCCC(I)C1(C)N. The zero-order valence-corrected chi connectivity index (χ0v) is 9.39. The van der Waals surface area contributed by atoms with E-state index in [-0.39, 0.29) is 11.1 Å². The number of hydrogen-bond donors (Lipinski definition) is 2. The second-order valence-electron chi connectivity index (χ2n) is 4.06. The first-order valence-corrected chi connectivity index (χ1v) is 5.34. The van der Waals surface area contributed by atoms with Gasteiger partial charge in [-0.05, 0) is 26.7 Å². The van der Waals surface area contributed by atoms with Crippen molar-refractivity contribution in [2.75, 3.05) is 0 Å². The number of hydrogen-bond acceptors (Lipinski definition) is 2. The van der Waals surface area contributed by atoms with Gasteiger partial charge in [-0.2, -0.15) is 0 Å². The van der Waals surface area contributed by atoms with Crippen molar-refractivity contribution in [1.29, 1.82) is 0 Å². The van der Waals surface area contributed by atoms with Crippen LogP contribution in [0.2, 0.25) is 0 Å². The molecule has 1 saturated carbocycles. The predicted molar refractivity (Wildman–Crippen MR) is 56.8 cm³/mol. The topological polar surface area (TPSA) is 52.0 Å². The molecular formula is C8H17IN2. The summed E-state index contributed by atoms with van der Waals surface area (Å²) < 4.78 is 0.517. The molecule has 66 valence electrons. The summed E-state index contributed by atoms with van der Waals surface area (Å²) in [5.74, 6) is 0. The Morgan fingerprint density at radius 3 is 2.27 bits per heavy atom. The molecule has 0 spiro atoms. The van der Waals surface area contributed by atoms with E-state index in [1.165, 1.54) is 12.8 Å². The first kappa shape index (κ1) is 9.74. The van der Waals surface area contributed by atoms with Crippen LogP contribution in [0.4, 0.5) is 0 Å². The lowest BCUT2D eigenvalue weighted by Crippen LogP contribution is -2.68. The molecular weight excluding hydrogens is 251 g/mol. The molecule has 4 N–H and O–H groups in total. The minimum Gasteiger partial charge on any atom is -0.324 e. The van der Waals surface area contributed by atoms with Crippen LogP contribution in [0.3, 0.4) is 0 Å². The number of alkyl halides is 1. The van der Waals surface area contributed by atoms with E-state index in [4.69, 9.17) is 11.5 Å². The Hall–Kier alpha value is 0.650. The predicted octanol–water partition coefficient (Wildman–Crippen LogP) is 1.41. The summed E-state index contributed by atoms with van der Waals surface area (Å²) in [6.45, 7) is 4.14. The molecule has 1 aliphatic carbocycles. The van der Waals surface area contributed by atoms with Gasteiger partial charge in [-0.25, -0.2) is 0 Å². The average Bonchev–Trinajstić information content (AvgIpc) is 1.84. The van der Waals surface area contributed by atoms with Crippen LogP contribution in [0.15, 0.2) is 0 Å². The molecule has 0 amide bonds. The summed E-state index contributed by atoms with van der Waals surface area (Å²) in [7, 11) is 0. The van der Waals surface area contributed by atoms with E-state index in [1.807, 2.05) is 0 Å². The second kappa shape index (κ2) is 2.85. The third kappa shape index (κ3) is 1.55. The van der Waals surface area contributed by atoms with E-state index in [0.717, 1.165) is 6.42 Å². The second-order valence-corrected chi connectivity index (χ2v) is 5.56.